The molecule has 152 valence electrons. The summed E-state index contributed by atoms with van der Waals surface area (Å²) in [7, 11) is 2.16. The Morgan fingerprint density at radius 1 is 1.29 bits per heavy atom. The molecule has 2 bridgehead atoms. The van der Waals surface area contributed by atoms with Crippen LogP contribution in [-0.4, -0.2) is 45.8 Å². The molecule has 0 spiro atoms. The number of rotatable bonds is 4. The molecule has 0 radical (unpaired) electrons. The molecule has 28 heavy (non-hydrogen) atoms. The van der Waals surface area contributed by atoms with Crippen molar-refractivity contribution < 1.29 is 4.79 Å². The van der Waals surface area contributed by atoms with Gasteiger partial charge >= 0.3 is 0 Å². The van der Waals surface area contributed by atoms with Crippen molar-refractivity contribution in [3.05, 3.63) is 39.1 Å². The Balaban J connectivity index is 0.00000225. The van der Waals surface area contributed by atoms with Crippen molar-refractivity contribution in [2.24, 2.45) is 0 Å². The van der Waals surface area contributed by atoms with Crippen molar-refractivity contribution in [2.75, 3.05) is 7.05 Å². The highest BCUT2D eigenvalue weighted by atomic mass is 35.5. The number of carbonyl (C=O) groups excluding carboxylic acids is 1. The molecule has 2 fully saturated rings. The average molecular weight is 425 g/mol. The molecule has 2 aliphatic heterocycles. The lowest BCUT2D eigenvalue weighted by Crippen LogP contribution is -2.49. The second-order valence-corrected chi connectivity index (χ2v) is 8.13. The van der Waals surface area contributed by atoms with Crippen LogP contribution in [0.25, 0.3) is 10.9 Å². The Morgan fingerprint density at radius 3 is 2.61 bits per heavy atom. The number of piperidine rings is 1. The highest BCUT2D eigenvalue weighted by Crippen LogP contribution is 2.34. The summed E-state index contributed by atoms with van der Waals surface area (Å²) in [4.78, 5) is 28.3. The topological polar surface area (TPSA) is 67.2 Å². The normalized spacial score (nSPS) is 24.2. The van der Waals surface area contributed by atoms with Crippen molar-refractivity contribution in [2.45, 2.75) is 63.7 Å². The van der Waals surface area contributed by atoms with Crippen molar-refractivity contribution >= 4 is 40.8 Å². The summed E-state index contributed by atoms with van der Waals surface area (Å²) >= 11 is 6.29. The van der Waals surface area contributed by atoms with Gasteiger partial charge in [-0.3, -0.25) is 14.3 Å². The fourth-order valence-corrected chi connectivity index (χ4v) is 4.86. The number of benzene rings is 1. The van der Waals surface area contributed by atoms with Crippen LogP contribution >= 0.6 is 24.0 Å². The van der Waals surface area contributed by atoms with Crippen LogP contribution in [0.3, 0.4) is 0 Å². The van der Waals surface area contributed by atoms with Gasteiger partial charge in [0, 0.05) is 24.7 Å². The van der Waals surface area contributed by atoms with Crippen LogP contribution in [0, 0.1) is 0 Å². The summed E-state index contributed by atoms with van der Waals surface area (Å²) in [6, 6.07) is 6.43. The summed E-state index contributed by atoms with van der Waals surface area (Å²) < 4.78 is 1.72. The van der Waals surface area contributed by atoms with Gasteiger partial charge in [0.1, 0.15) is 0 Å². The van der Waals surface area contributed by atoms with E-state index in [1.165, 1.54) is 12.8 Å². The van der Waals surface area contributed by atoms with Crippen LogP contribution < -0.4 is 10.7 Å². The van der Waals surface area contributed by atoms with Crippen LogP contribution in [0.15, 0.2) is 23.0 Å². The van der Waals surface area contributed by atoms with E-state index in [4.69, 9.17) is 11.6 Å². The lowest BCUT2D eigenvalue weighted by atomic mass is 9.98. The highest BCUT2D eigenvalue weighted by molar-refractivity contribution is 6.35. The number of aryl methyl sites for hydroxylation is 1. The van der Waals surface area contributed by atoms with Gasteiger partial charge in [-0.1, -0.05) is 24.6 Å². The minimum atomic E-state index is -0.392. The average Bonchev–Trinajstić information content (AvgIpc) is 2.85. The first-order chi connectivity index (χ1) is 13.0. The number of hydrogen-bond donors (Lipinski definition) is 1. The zero-order valence-corrected chi connectivity index (χ0v) is 17.7. The Bertz CT molecular complexity index is 932. The molecule has 3 atom stereocenters. The van der Waals surface area contributed by atoms with Crippen molar-refractivity contribution in [3.8, 4) is 0 Å². The third kappa shape index (κ3) is 3.65. The largest absolute Gasteiger partial charge is 0.348 e. The van der Waals surface area contributed by atoms with E-state index < -0.39 is 5.43 Å². The van der Waals surface area contributed by atoms with Gasteiger partial charge in [0.15, 0.2) is 5.69 Å². The number of nitrogens with zero attached hydrogens (tertiary/aromatic N) is 3. The predicted molar refractivity (Wildman–Crippen MR) is 114 cm³/mol. The van der Waals surface area contributed by atoms with E-state index in [0.717, 1.165) is 19.3 Å². The first-order valence-corrected chi connectivity index (χ1v) is 10.1. The van der Waals surface area contributed by atoms with Crippen molar-refractivity contribution in [3.63, 3.8) is 0 Å². The fourth-order valence-electron chi connectivity index (χ4n) is 4.60. The van der Waals surface area contributed by atoms with Gasteiger partial charge in [0.05, 0.1) is 15.9 Å². The lowest BCUT2D eigenvalue weighted by Gasteiger charge is -2.36. The Morgan fingerprint density at radius 2 is 1.96 bits per heavy atom. The van der Waals surface area contributed by atoms with Crippen molar-refractivity contribution in [1.82, 2.24) is 20.0 Å². The van der Waals surface area contributed by atoms with Gasteiger partial charge in [0.25, 0.3) is 5.91 Å². The fraction of sp³-hybridized carbons (Fsp3) is 0.550. The monoisotopic (exact) mass is 424 g/mol. The SMILES string of the molecule is CCCn1nc(C(=O)N[C@H]2C[C@H]3CC[C@@H](C2)N3C)c(=O)c2c(Cl)cccc21.Cl. The van der Waals surface area contributed by atoms with E-state index in [0.29, 0.717) is 34.6 Å². The molecule has 1 N–H and O–H groups in total. The van der Waals surface area contributed by atoms with Gasteiger partial charge in [-0.25, -0.2) is 0 Å². The predicted octanol–water partition coefficient (Wildman–Crippen LogP) is 3.24. The molecule has 1 aromatic heterocycles. The van der Waals surface area contributed by atoms with E-state index in [2.05, 4.69) is 22.4 Å². The third-order valence-electron chi connectivity index (χ3n) is 6.02. The van der Waals surface area contributed by atoms with Crippen LogP contribution in [0.1, 0.15) is 49.5 Å². The molecular weight excluding hydrogens is 399 g/mol. The molecule has 1 amide bonds. The summed E-state index contributed by atoms with van der Waals surface area (Å²) in [5.74, 6) is -0.388. The standard InChI is InChI=1S/C20H25ClN4O2.ClH/c1-3-9-25-16-6-4-5-15(21)17(16)19(26)18(23-25)20(27)22-12-10-13-7-8-14(11-12)24(13)2;/h4-6,12-14H,3,7-11H2,1-2H3,(H,22,27);1H/t12-,13+,14-;. The van der Waals surface area contributed by atoms with E-state index in [1.54, 1.807) is 16.8 Å². The minimum Gasteiger partial charge on any atom is -0.348 e. The summed E-state index contributed by atoms with van der Waals surface area (Å²) in [5.41, 5.74) is 0.218. The summed E-state index contributed by atoms with van der Waals surface area (Å²) in [6.45, 7) is 2.65. The maximum absolute atomic E-state index is 13.0. The third-order valence-corrected chi connectivity index (χ3v) is 6.33. The number of halogens is 2. The van der Waals surface area contributed by atoms with Crippen LogP contribution in [-0.2, 0) is 6.54 Å². The number of nitrogens with one attached hydrogen (secondary N) is 1. The quantitative estimate of drug-likeness (QED) is 0.817. The van der Waals surface area contributed by atoms with Gasteiger partial charge in [-0.15, -0.1) is 12.4 Å². The summed E-state index contributed by atoms with van der Waals surface area (Å²) in [6.07, 6.45) is 5.06. The van der Waals surface area contributed by atoms with E-state index in [1.807, 2.05) is 13.0 Å². The second-order valence-electron chi connectivity index (χ2n) is 7.73. The maximum Gasteiger partial charge on any atom is 0.276 e. The molecule has 2 aromatic rings. The molecule has 0 saturated carbocycles. The van der Waals surface area contributed by atoms with Gasteiger partial charge < -0.3 is 10.2 Å². The molecular formula is C20H26Cl2N4O2. The molecule has 2 saturated heterocycles. The van der Waals surface area contributed by atoms with Crippen molar-refractivity contribution in [1.29, 1.82) is 0 Å². The van der Waals surface area contributed by atoms with E-state index in [9.17, 15) is 9.59 Å². The number of aromatic nitrogens is 2. The van der Waals surface area contributed by atoms with Gasteiger partial charge in [-0.2, -0.15) is 5.10 Å². The molecule has 2 aliphatic rings. The first-order valence-electron chi connectivity index (χ1n) is 9.71. The summed E-state index contributed by atoms with van der Waals surface area (Å²) in [5, 5.41) is 8.18. The maximum atomic E-state index is 13.0. The first kappa shape index (κ1) is 21.1. The minimum absolute atomic E-state index is 0. The van der Waals surface area contributed by atoms with Gasteiger partial charge in [-0.05, 0) is 51.3 Å². The van der Waals surface area contributed by atoms with Crippen LogP contribution in [0.5, 0.6) is 0 Å². The molecule has 4 rings (SSSR count). The highest BCUT2D eigenvalue weighted by Gasteiger charge is 2.39. The number of fused-ring (bicyclic) bond motifs is 3. The van der Waals surface area contributed by atoms with Crippen LogP contribution in [0.4, 0.5) is 0 Å². The van der Waals surface area contributed by atoms with E-state index >= 15 is 0 Å². The number of hydrogen-bond acceptors (Lipinski definition) is 4. The lowest BCUT2D eigenvalue weighted by molar-refractivity contribution is 0.0874. The van der Waals surface area contributed by atoms with Crippen LogP contribution in [0.2, 0.25) is 5.02 Å². The Kier molecular flexibility index (Phi) is 6.32. The van der Waals surface area contributed by atoms with Gasteiger partial charge in [0.2, 0.25) is 5.43 Å². The Hall–Kier alpha value is -1.63. The molecule has 0 unspecified atom stereocenters. The smallest absolute Gasteiger partial charge is 0.276 e. The molecule has 8 heteroatoms. The second kappa shape index (κ2) is 8.39. The number of amides is 1. The molecule has 3 heterocycles. The zero-order valence-electron chi connectivity index (χ0n) is 16.2. The molecule has 1 aromatic carbocycles. The number of carbonyl (C=O) groups is 1. The Labute approximate surface area is 175 Å². The van der Waals surface area contributed by atoms with E-state index in [-0.39, 0.29) is 30.0 Å². The zero-order chi connectivity index (χ0) is 19.1. The molecule has 6 nitrogen and oxygen atoms in total. The molecule has 0 aliphatic carbocycles.